The molecular weight excluding hydrogens is 376 g/mol. The maximum atomic E-state index is 12.4. The van der Waals surface area contributed by atoms with Crippen LogP contribution < -0.4 is 10.5 Å². The van der Waals surface area contributed by atoms with E-state index in [0.29, 0.717) is 22.0 Å². The first-order valence-electron chi connectivity index (χ1n) is 6.05. The molecule has 4 nitrogen and oxygen atoms in total. The van der Waals surface area contributed by atoms with Crippen molar-refractivity contribution in [2.45, 2.75) is 18.7 Å². The molecule has 21 heavy (non-hydrogen) atoms. The summed E-state index contributed by atoms with van der Waals surface area (Å²) in [5.41, 5.74) is 8.10. The fraction of sp³-hybridized carbons (Fsp3) is 0.143. The summed E-state index contributed by atoms with van der Waals surface area (Å²) in [7, 11) is -3.75. The molecule has 3 N–H and O–H groups in total. The molecule has 0 aliphatic carbocycles. The van der Waals surface area contributed by atoms with Crippen molar-refractivity contribution in [1.29, 1.82) is 0 Å². The van der Waals surface area contributed by atoms with E-state index < -0.39 is 10.0 Å². The lowest BCUT2D eigenvalue weighted by molar-refractivity contribution is 0.601. The molecule has 2 aromatic rings. The van der Waals surface area contributed by atoms with E-state index >= 15 is 0 Å². The number of halogens is 2. The van der Waals surface area contributed by atoms with Crippen molar-refractivity contribution >= 4 is 48.9 Å². The Kier molecular flexibility index (Phi) is 4.51. The van der Waals surface area contributed by atoms with Gasteiger partial charge >= 0.3 is 0 Å². The quantitative estimate of drug-likeness (QED) is 0.776. The molecule has 2 aromatic carbocycles. The summed E-state index contributed by atoms with van der Waals surface area (Å²) in [6.45, 7) is 3.56. The minimum absolute atomic E-state index is 0.0370. The maximum Gasteiger partial charge on any atom is 0.262 e. The number of rotatable bonds is 3. The number of sulfonamides is 1. The van der Waals surface area contributed by atoms with Gasteiger partial charge in [0.1, 0.15) is 0 Å². The molecule has 0 saturated heterocycles. The smallest absolute Gasteiger partial charge is 0.262 e. The summed E-state index contributed by atoms with van der Waals surface area (Å²) in [6.07, 6.45) is 0. The highest BCUT2D eigenvalue weighted by Crippen LogP contribution is 2.28. The summed E-state index contributed by atoms with van der Waals surface area (Å²) in [4.78, 5) is 0.0370. The van der Waals surface area contributed by atoms with E-state index in [2.05, 4.69) is 20.7 Å². The zero-order chi connectivity index (χ0) is 15.8. The van der Waals surface area contributed by atoms with Gasteiger partial charge in [-0.05, 0) is 49.2 Å². The Hall–Kier alpha value is -1.24. The summed E-state index contributed by atoms with van der Waals surface area (Å²) in [5, 5.41) is 0.321. The number of benzene rings is 2. The van der Waals surface area contributed by atoms with Gasteiger partial charge in [0.15, 0.2) is 0 Å². The van der Waals surface area contributed by atoms with Crippen LogP contribution in [0.15, 0.2) is 39.7 Å². The van der Waals surface area contributed by atoms with Gasteiger partial charge in [-0.3, -0.25) is 4.72 Å². The highest BCUT2D eigenvalue weighted by Gasteiger charge is 2.18. The predicted octanol–water partition coefficient (Wildman–Crippen LogP) is 4.10. The van der Waals surface area contributed by atoms with Gasteiger partial charge in [0.05, 0.1) is 10.6 Å². The minimum atomic E-state index is -3.75. The van der Waals surface area contributed by atoms with Crippen LogP contribution in [0.5, 0.6) is 0 Å². The molecule has 2 rings (SSSR count). The van der Waals surface area contributed by atoms with Crippen molar-refractivity contribution in [3.05, 3.63) is 51.0 Å². The molecule has 0 fully saturated rings. The standard InChI is InChI=1S/C14H14BrClN2O2S/c1-8-3-4-10(15)5-14(8)18-21(19,20)11-6-12(16)9(2)13(17)7-11/h3-7,18H,17H2,1-2H3. The Morgan fingerprint density at radius 1 is 1.19 bits per heavy atom. The summed E-state index contributed by atoms with van der Waals surface area (Å²) >= 11 is 9.32. The average Bonchev–Trinajstić information content (AvgIpc) is 2.39. The van der Waals surface area contributed by atoms with E-state index in [1.54, 1.807) is 13.0 Å². The van der Waals surface area contributed by atoms with Gasteiger partial charge in [0, 0.05) is 15.2 Å². The number of hydrogen-bond acceptors (Lipinski definition) is 3. The van der Waals surface area contributed by atoms with Crippen molar-refractivity contribution in [3.63, 3.8) is 0 Å². The van der Waals surface area contributed by atoms with Gasteiger partial charge in [-0.15, -0.1) is 0 Å². The first-order chi connectivity index (χ1) is 9.70. The van der Waals surface area contributed by atoms with Crippen molar-refractivity contribution in [2.75, 3.05) is 10.5 Å². The molecule has 0 spiro atoms. The second-order valence-corrected chi connectivity index (χ2v) is 7.69. The summed E-state index contributed by atoms with van der Waals surface area (Å²) in [5.74, 6) is 0. The van der Waals surface area contributed by atoms with Gasteiger partial charge in [0.25, 0.3) is 10.0 Å². The molecule has 0 bridgehead atoms. The first kappa shape index (κ1) is 16.1. The van der Waals surface area contributed by atoms with Crippen LogP contribution in [0.25, 0.3) is 0 Å². The normalized spacial score (nSPS) is 11.4. The molecular formula is C14H14BrClN2O2S. The van der Waals surface area contributed by atoms with Crippen LogP contribution in [-0.2, 0) is 10.0 Å². The highest BCUT2D eigenvalue weighted by molar-refractivity contribution is 9.10. The van der Waals surface area contributed by atoms with Gasteiger partial charge in [0.2, 0.25) is 0 Å². The van der Waals surface area contributed by atoms with Crippen LogP contribution >= 0.6 is 27.5 Å². The molecule has 0 saturated carbocycles. The molecule has 0 aromatic heterocycles. The second-order valence-electron chi connectivity index (χ2n) is 4.68. The third-order valence-electron chi connectivity index (χ3n) is 3.11. The van der Waals surface area contributed by atoms with E-state index in [9.17, 15) is 8.42 Å². The number of hydrogen-bond donors (Lipinski definition) is 2. The van der Waals surface area contributed by atoms with Crippen LogP contribution in [0.3, 0.4) is 0 Å². The van der Waals surface area contributed by atoms with Crippen LogP contribution in [-0.4, -0.2) is 8.42 Å². The Balaban J connectivity index is 2.46. The second kappa shape index (κ2) is 5.87. The number of nitrogen functional groups attached to an aromatic ring is 1. The van der Waals surface area contributed by atoms with Crippen molar-refractivity contribution in [1.82, 2.24) is 0 Å². The van der Waals surface area contributed by atoms with E-state index in [0.717, 1.165) is 10.0 Å². The van der Waals surface area contributed by atoms with Crippen LogP contribution in [0, 0.1) is 13.8 Å². The lowest BCUT2D eigenvalue weighted by atomic mass is 10.2. The Morgan fingerprint density at radius 3 is 2.48 bits per heavy atom. The molecule has 7 heteroatoms. The Bertz CT molecular complexity index is 784. The summed E-state index contributed by atoms with van der Waals surface area (Å²) in [6, 6.07) is 8.15. The SMILES string of the molecule is Cc1ccc(Br)cc1NS(=O)(=O)c1cc(N)c(C)c(Cl)c1. The molecule has 0 amide bonds. The van der Waals surface area contributed by atoms with Gasteiger partial charge < -0.3 is 5.73 Å². The van der Waals surface area contributed by atoms with E-state index in [4.69, 9.17) is 17.3 Å². The number of anilines is 2. The van der Waals surface area contributed by atoms with Gasteiger partial charge in [-0.2, -0.15) is 0 Å². The van der Waals surface area contributed by atoms with Gasteiger partial charge in [-0.1, -0.05) is 33.6 Å². The molecule has 0 aliphatic heterocycles. The van der Waals surface area contributed by atoms with E-state index in [-0.39, 0.29) is 4.90 Å². The number of aryl methyl sites for hydroxylation is 1. The zero-order valence-electron chi connectivity index (χ0n) is 11.4. The topological polar surface area (TPSA) is 72.2 Å². The Morgan fingerprint density at radius 2 is 1.86 bits per heavy atom. The summed E-state index contributed by atoms with van der Waals surface area (Å²) < 4.78 is 28.2. The largest absolute Gasteiger partial charge is 0.398 e. The predicted molar refractivity (Wildman–Crippen MR) is 90.3 cm³/mol. The minimum Gasteiger partial charge on any atom is -0.398 e. The van der Waals surface area contributed by atoms with Crippen molar-refractivity contribution in [2.24, 2.45) is 0 Å². The third-order valence-corrected chi connectivity index (χ3v) is 5.34. The molecule has 0 heterocycles. The monoisotopic (exact) mass is 388 g/mol. The maximum absolute atomic E-state index is 12.4. The molecule has 0 aliphatic rings. The van der Waals surface area contributed by atoms with Crippen molar-refractivity contribution in [3.8, 4) is 0 Å². The Labute approximate surface area is 137 Å². The number of nitrogens with one attached hydrogen (secondary N) is 1. The van der Waals surface area contributed by atoms with Crippen LogP contribution in [0.4, 0.5) is 11.4 Å². The van der Waals surface area contributed by atoms with Crippen LogP contribution in [0.2, 0.25) is 5.02 Å². The lowest BCUT2D eigenvalue weighted by Gasteiger charge is -2.13. The third kappa shape index (κ3) is 3.51. The van der Waals surface area contributed by atoms with E-state index in [1.807, 2.05) is 19.1 Å². The van der Waals surface area contributed by atoms with E-state index in [1.165, 1.54) is 12.1 Å². The fourth-order valence-electron chi connectivity index (χ4n) is 1.74. The molecule has 0 radical (unpaired) electrons. The van der Waals surface area contributed by atoms with Crippen LogP contribution in [0.1, 0.15) is 11.1 Å². The van der Waals surface area contributed by atoms with Gasteiger partial charge in [-0.25, -0.2) is 8.42 Å². The molecule has 112 valence electrons. The first-order valence-corrected chi connectivity index (χ1v) is 8.71. The lowest BCUT2D eigenvalue weighted by Crippen LogP contribution is -2.14. The average molecular weight is 390 g/mol. The fourth-order valence-corrected chi connectivity index (χ4v) is 3.57. The zero-order valence-corrected chi connectivity index (χ0v) is 14.6. The molecule has 0 unspecified atom stereocenters. The number of nitrogens with two attached hydrogens (primary N) is 1. The van der Waals surface area contributed by atoms with Crippen molar-refractivity contribution < 1.29 is 8.42 Å². The highest BCUT2D eigenvalue weighted by atomic mass is 79.9. The molecule has 0 atom stereocenters.